The summed E-state index contributed by atoms with van der Waals surface area (Å²) in [4.78, 5) is 12.4. The van der Waals surface area contributed by atoms with Crippen LogP contribution in [0, 0.1) is 11.3 Å². The highest BCUT2D eigenvalue weighted by Crippen LogP contribution is 2.37. The van der Waals surface area contributed by atoms with E-state index in [4.69, 9.17) is 11.0 Å². The van der Waals surface area contributed by atoms with Crippen molar-refractivity contribution < 1.29 is 4.79 Å². The molecule has 0 aliphatic heterocycles. The fraction of sp³-hybridized carbons (Fsp3) is 0.200. The van der Waals surface area contributed by atoms with E-state index in [9.17, 15) is 4.79 Å². The fourth-order valence-corrected chi connectivity index (χ4v) is 2.69. The molecule has 0 spiro atoms. The Bertz CT molecular complexity index is 756. The van der Waals surface area contributed by atoms with E-state index in [1.54, 1.807) is 30.5 Å². The standard InChI is InChI=1S/C15H13BrN4O/c16-12-5-9(7-17)1-4-13(12)19-15(21)14-6-10(18)8-20(14)11-2-3-11/h1,4-6,8,11H,2-3,18H2,(H,19,21). The molecule has 2 aromatic rings. The van der Waals surface area contributed by atoms with Crippen molar-refractivity contribution >= 4 is 33.2 Å². The highest BCUT2D eigenvalue weighted by atomic mass is 79.9. The summed E-state index contributed by atoms with van der Waals surface area (Å²) in [6.07, 6.45) is 3.96. The van der Waals surface area contributed by atoms with Gasteiger partial charge >= 0.3 is 0 Å². The van der Waals surface area contributed by atoms with Crippen LogP contribution in [0.25, 0.3) is 0 Å². The van der Waals surface area contributed by atoms with Crippen LogP contribution in [0.4, 0.5) is 11.4 Å². The zero-order chi connectivity index (χ0) is 15.0. The van der Waals surface area contributed by atoms with Crippen molar-refractivity contribution in [3.63, 3.8) is 0 Å². The van der Waals surface area contributed by atoms with Crippen molar-refractivity contribution in [2.24, 2.45) is 0 Å². The van der Waals surface area contributed by atoms with Gasteiger partial charge in [0.2, 0.25) is 0 Å². The maximum absolute atomic E-state index is 12.4. The first-order valence-electron chi connectivity index (χ1n) is 6.57. The third kappa shape index (κ3) is 2.78. The van der Waals surface area contributed by atoms with Crippen LogP contribution >= 0.6 is 15.9 Å². The molecule has 3 N–H and O–H groups in total. The highest BCUT2D eigenvalue weighted by molar-refractivity contribution is 9.10. The summed E-state index contributed by atoms with van der Waals surface area (Å²) in [5, 5.41) is 11.7. The van der Waals surface area contributed by atoms with E-state index in [-0.39, 0.29) is 5.91 Å². The molecule has 0 bridgehead atoms. The van der Waals surface area contributed by atoms with Gasteiger partial charge in [0, 0.05) is 16.7 Å². The predicted molar refractivity (Wildman–Crippen MR) is 83.9 cm³/mol. The van der Waals surface area contributed by atoms with Gasteiger partial charge in [0.05, 0.1) is 23.0 Å². The Labute approximate surface area is 130 Å². The molecule has 1 fully saturated rings. The molecule has 21 heavy (non-hydrogen) atoms. The molecule has 5 nitrogen and oxygen atoms in total. The smallest absolute Gasteiger partial charge is 0.272 e. The first kappa shape index (κ1) is 13.7. The molecule has 0 atom stereocenters. The van der Waals surface area contributed by atoms with E-state index in [1.165, 1.54) is 0 Å². The number of amides is 1. The van der Waals surface area contributed by atoms with Crippen LogP contribution in [0.1, 0.15) is 34.9 Å². The number of nitriles is 1. The van der Waals surface area contributed by atoms with Crippen LogP contribution in [-0.4, -0.2) is 10.5 Å². The maximum atomic E-state index is 12.4. The second-order valence-electron chi connectivity index (χ2n) is 5.06. The molecule has 1 amide bonds. The van der Waals surface area contributed by atoms with Gasteiger partial charge in [-0.25, -0.2) is 0 Å². The summed E-state index contributed by atoms with van der Waals surface area (Å²) < 4.78 is 2.61. The monoisotopic (exact) mass is 344 g/mol. The normalized spacial score (nSPS) is 13.7. The summed E-state index contributed by atoms with van der Waals surface area (Å²) in [6.45, 7) is 0. The van der Waals surface area contributed by atoms with Crippen molar-refractivity contribution in [2.75, 3.05) is 11.1 Å². The van der Waals surface area contributed by atoms with Gasteiger partial charge in [0.15, 0.2) is 0 Å². The molecule has 1 aromatic carbocycles. The largest absolute Gasteiger partial charge is 0.397 e. The van der Waals surface area contributed by atoms with Gasteiger partial charge in [0.25, 0.3) is 5.91 Å². The number of rotatable bonds is 3. The molecule has 3 rings (SSSR count). The number of hydrogen-bond acceptors (Lipinski definition) is 3. The van der Waals surface area contributed by atoms with E-state index < -0.39 is 0 Å². The van der Waals surface area contributed by atoms with Crippen molar-refractivity contribution in [3.8, 4) is 6.07 Å². The fourth-order valence-electron chi connectivity index (χ4n) is 2.21. The van der Waals surface area contributed by atoms with Crippen molar-refractivity contribution in [1.82, 2.24) is 4.57 Å². The van der Waals surface area contributed by atoms with E-state index in [0.717, 1.165) is 12.8 Å². The van der Waals surface area contributed by atoms with Crippen LogP contribution in [0.2, 0.25) is 0 Å². The SMILES string of the molecule is N#Cc1ccc(NC(=O)c2cc(N)cn2C2CC2)c(Br)c1. The molecular formula is C15H13BrN4O. The quantitative estimate of drug-likeness (QED) is 0.895. The Balaban J connectivity index is 1.85. The number of hydrogen-bond donors (Lipinski definition) is 2. The Hall–Kier alpha value is -2.26. The zero-order valence-electron chi connectivity index (χ0n) is 11.1. The second-order valence-corrected chi connectivity index (χ2v) is 5.91. The number of anilines is 2. The van der Waals surface area contributed by atoms with Gasteiger partial charge in [-0.1, -0.05) is 0 Å². The van der Waals surface area contributed by atoms with Gasteiger partial charge in [-0.05, 0) is 53.0 Å². The molecule has 1 aromatic heterocycles. The van der Waals surface area contributed by atoms with Crippen LogP contribution < -0.4 is 11.1 Å². The third-order valence-corrected chi connectivity index (χ3v) is 4.05. The highest BCUT2D eigenvalue weighted by Gasteiger charge is 2.27. The van der Waals surface area contributed by atoms with Gasteiger partial charge in [-0.15, -0.1) is 0 Å². The van der Waals surface area contributed by atoms with Gasteiger partial charge < -0.3 is 15.6 Å². The van der Waals surface area contributed by atoms with Crippen LogP contribution in [0.3, 0.4) is 0 Å². The Morgan fingerprint density at radius 2 is 2.19 bits per heavy atom. The zero-order valence-corrected chi connectivity index (χ0v) is 12.7. The lowest BCUT2D eigenvalue weighted by atomic mass is 10.2. The van der Waals surface area contributed by atoms with Crippen molar-refractivity contribution in [1.29, 1.82) is 5.26 Å². The van der Waals surface area contributed by atoms with Crippen molar-refractivity contribution in [3.05, 3.63) is 46.2 Å². The molecule has 6 heteroatoms. The number of nitrogens with one attached hydrogen (secondary N) is 1. The second kappa shape index (κ2) is 5.26. The minimum atomic E-state index is -0.205. The molecule has 106 valence electrons. The number of carbonyl (C=O) groups excluding carboxylic acids is 1. The average molecular weight is 345 g/mol. The lowest BCUT2D eigenvalue weighted by molar-refractivity contribution is 0.101. The molecule has 1 saturated carbocycles. The van der Waals surface area contributed by atoms with Crippen molar-refractivity contribution in [2.45, 2.75) is 18.9 Å². The number of nitrogens with two attached hydrogens (primary N) is 1. The van der Waals surface area contributed by atoms with Gasteiger partial charge in [-0.2, -0.15) is 5.26 Å². The number of benzene rings is 1. The topological polar surface area (TPSA) is 83.8 Å². The van der Waals surface area contributed by atoms with E-state index in [1.807, 2.05) is 4.57 Å². The average Bonchev–Trinajstić information content (AvgIpc) is 3.23. The number of nitrogen functional groups attached to an aromatic ring is 1. The number of carbonyl (C=O) groups is 1. The predicted octanol–water partition coefficient (Wildman–Crippen LogP) is 3.29. The summed E-state index contributed by atoms with van der Waals surface area (Å²) in [5.41, 5.74) is 8.11. The Morgan fingerprint density at radius 3 is 2.81 bits per heavy atom. The molecular weight excluding hydrogens is 332 g/mol. The van der Waals surface area contributed by atoms with E-state index >= 15 is 0 Å². The summed E-state index contributed by atoms with van der Waals surface area (Å²) in [5.74, 6) is -0.205. The molecule has 0 saturated heterocycles. The summed E-state index contributed by atoms with van der Waals surface area (Å²) in [7, 11) is 0. The van der Waals surface area contributed by atoms with E-state index in [0.29, 0.717) is 33.1 Å². The van der Waals surface area contributed by atoms with E-state index in [2.05, 4.69) is 27.3 Å². The number of halogens is 1. The molecule has 0 unspecified atom stereocenters. The molecule has 1 aliphatic carbocycles. The Kier molecular flexibility index (Phi) is 3.43. The minimum Gasteiger partial charge on any atom is -0.397 e. The molecule has 1 aliphatic rings. The number of nitrogens with zero attached hydrogens (tertiary/aromatic N) is 2. The Morgan fingerprint density at radius 1 is 1.43 bits per heavy atom. The third-order valence-electron chi connectivity index (χ3n) is 3.39. The lowest BCUT2D eigenvalue weighted by Gasteiger charge is -2.10. The minimum absolute atomic E-state index is 0.205. The van der Waals surface area contributed by atoms with Crippen LogP contribution in [0.15, 0.2) is 34.9 Å². The molecule has 1 heterocycles. The van der Waals surface area contributed by atoms with Gasteiger partial charge in [0.1, 0.15) is 5.69 Å². The van der Waals surface area contributed by atoms with Crippen LogP contribution in [-0.2, 0) is 0 Å². The van der Waals surface area contributed by atoms with Gasteiger partial charge in [-0.3, -0.25) is 4.79 Å². The lowest BCUT2D eigenvalue weighted by Crippen LogP contribution is -2.16. The molecule has 0 radical (unpaired) electrons. The first-order valence-corrected chi connectivity index (χ1v) is 7.36. The summed E-state index contributed by atoms with van der Waals surface area (Å²) in [6, 6.07) is 9.15. The summed E-state index contributed by atoms with van der Waals surface area (Å²) >= 11 is 3.36. The number of aromatic nitrogens is 1. The first-order chi connectivity index (χ1) is 10.1. The maximum Gasteiger partial charge on any atom is 0.272 e. The van der Waals surface area contributed by atoms with Crippen LogP contribution in [0.5, 0.6) is 0 Å².